The van der Waals surface area contributed by atoms with E-state index in [-0.39, 0.29) is 5.38 Å². The highest BCUT2D eigenvalue weighted by Gasteiger charge is 2.16. The summed E-state index contributed by atoms with van der Waals surface area (Å²) in [7, 11) is 1.67. The molecule has 1 aliphatic rings. The minimum Gasteiger partial charge on any atom is -0.295 e. The number of benzene rings is 1. The highest BCUT2D eigenvalue weighted by Crippen LogP contribution is 2.37. The topological polar surface area (TPSA) is 12.4 Å². The van der Waals surface area contributed by atoms with E-state index in [4.69, 9.17) is 34.8 Å². The maximum absolute atomic E-state index is 6.44. The number of allylic oxidation sites excluding steroid dienone is 5. The van der Waals surface area contributed by atoms with Gasteiger partial charge >= 0.3 is 0 Å². The van der Waals surface area contributed by atoms with Crippen LogP contribution >= 0.6 is 50.7 Å². The van der Waals surface area contributed by atoms with E-state index in [1.54, 1.807) is 13.3 Å². The average molecular weight is 392 g/mol. The number of aliphatic imine (C=N–C) groups is 1. The predicted molar refractivity (Wildman–Crippen MR) is 93.4 cm³/mol. The molecule has 0 amide bonds. The molecule has 1 aromatic rings. The summed E-state index contributed by atoms with van der Waals surface area (Å²) in [5, 5.41) is 0.971. The zero-order valence-electron chi connectivity index (χ0n) is 10.6. The van der Waals surface area contributed by atoms with Crippen molar-refractivity contribution in [3.63, 3.8) is 0 Å². The minimum atomic E-state index is -0.247. The molecule has 1 aromatic carbocycles. The van der Waals surface area contributed by atoms with Gasteiger partial charge in [-0.2, -0.15) is 0 Å². The monoisotopic (exact) mass is 389 g/mol. The first kappa shape index (κ1) is 15.8. The molecular formula is C15H11BrCl3N. The maximum Gasteiger partial charge on any atom is 0.0781 e. The van der Waals surface area contributed by atoms with Gasteiger partial charge in [0.2, 0.25) is 0 Å². The number of halogens is 4. The van der Waals surface area contributed by atoms with Crippen LogP contribution in [-0.2, 0) is 0 Å². The molecule has 0 bridgehead atoms. The Balaban J connectivity index is 2.50. The van der Waals surface area contributed by atoms with Gasteiger partial charge in [0.15, 0.2) is 0 Å². The molecule has 0 radical (unpaired) electrons. The van der Waals surface area contributed by atoms with E-state index < -0.39 is 0 Å². The third-order valence-corrected chi connectivity index (χ3v) is 4.27. The summed E-state index contributed by atoms with van der Waals surface area (Å²) in [6.45, 7) is 0. The molecule has 2 rings (SSSR count). The van der Waals surface area contributed by atoms with Gasteiger partial charge in [0, 0.05) is 22.8 Å². The molecule has 0 N–H and O–H groups in total. The van der Waals surface area contributed by atoms with E-state index >= 15 is 0 Å². The van der Waals surface area contributed by atoms with Crippen LogP contribution in [0.3, 0.4) is 0 Å². The van der Waals surface area contributed by atoms with E-state index in [0.717, 1.165) is 21.2 Å². The number of hydrogen-bond acceptors (Lipinski definition) is 1. The SMILES string of the molecule is CN=C/C(Cl)=C\C1=CC(Cl)c2ccc(Cl)cc2C=C1Br. The number of nitrogens with zero attached hydrogens (tertiary/aromatic N) is 1. The summed E-state index contributed by atoms with van der Waals surface area (Å²) in [6, 6.07) is 5.66. The first-order valence-corrected chi connectivity index (χ1v) is 7.82. The lowest BCUT2D eigenvalue weighted by Gasteiger charge is -2.08. The van der Waals surface area contributed by atoms with Gasteiger partial charge in [-0.3, -0.25) is 4.99 Å². The van der Waals surface area contributed by atoms with E-state index in [0.29, 0.717) is 10.1 Å². The lowest BCUT2D eigenvalue weighted by atomic mass is 10.1. The molecule has 1 nitrogen and oxygen atoms in total. The number of hydrogen-bond donors (Lipinski definition) is 0. The molecule has 0 aliphatic heterocycles. The Kier molecular flexibility index (Phi) is 5.50. The standard InChI is InChI=1S/C15H11BrCl3N/c1-20-8-12(18)5-10-7-15(19)13-3-2-11(17)4-9(13)6-14(10)16/h2-8,15H,1H3/b12-5+,20-8?. The molecular weight excluding hydrogens is 380 g/mol. The molecule has 1 aliphatic carbocycles. The van der Waals surface area contributed by atoms with Crippen LogP contribution in [0.1, 0.15) is 16.5 Å². The summed E-state index contributed by atoms with van der Waals surface area (Å²) in [5.41, 5.74) is 2.91. The fraction of sp³-hybridized carbons (Fsp3) is 0.133. The molecule has 5 heteroatoms. The summed E-state index contributed by atoms with van der Waals surface area (Å²) >= 11 is 22.1. The normalized spacial score (nSPS) is 19.4. The first-order valence-electron chi connectivity index (χ1n) is 5.83. The average Bonchev–Trinajstić information content (AvgIpc) is 2.47. The van der Waals surface area contributed by atoms with Crippen LogP contribution in [0.25, 0.3) is 6.08 Å². The number of alkyl halides is 1. The first-order chi connectivity index (χ1) is 9.51. The van der Waals surface area contributed by atoms with Crippen LogP contribution in [0.4, 0.5) is 0 Å². The Morgan fingerprint density at radius 2 is 2.15 bits per heavy atom. The third kappa shape index (κ3) is 3.76. The molecule has 0 aromatic heterocycles. The second-order valence-corrected chi connectivity index (χ2v) is 6.40. The summed E-state index contributed by atoms with van der Waals surface area (Å²) < 4.78 is 0.895. The van der Waals surface area contributed by atoms with Gasteiger partial charge in [0.05, 0.1) is 10.4 Å². The van der Waals surface area contributed by atoms with Crippen molar-refractivity contribution in [2.24, 2.45) is 4.99 Å². The Morgan fingerprint density at radius 1 is 1.40 bits per heavy atom. The van der Waals surface area contributed by atoms with Gasteiger partial charge in [-0.25, -0.2) is 0 Å². The van der Waals surface area contributed by atoms with Crippen molar-refractivity contribution in [2.75, 3.05) is 7.05 Å². The van der Waals surface area contributed by atoms with Crippen molar-refractivity contribution in [3.05, 3.63) is 61.6 Å². The van der Waals surface area contributed by atoms with E-state index in [2.05, 4.69) is 20.9 Å². The Hall–Kier alpha value is -0.540. The Labute approximate surface area is 141 Å². The zero-order valence-corrected chi connectivity index (χ0v) is 14.4. The van der Waals surface area contributed by atoms with Crippen molar-refractivity contribution < 1.29 is 0 Å². The predicted octanol–water partition coefficient (Wildman–Crippen LogP) is 6.12. The van der Waals surface area contributed by atoms with Gasteiger partial charge in [0.25, 0.3) is 0 Å². The molecule has 20 heavy (non-hydrogen) atoms. The zero-order chi connectivity index (χ0) is 14.7. The fourth-order valence-electron chi connectivity index (χ4n) is 1.89. The van der Waals surface area contributed by atoms with E-state index in [1.807, 2.05) is 36.4 Å². The quantitative estimate of drug-likeness (QED) is 0.425. The molecule has 0 saturated carbocycles. The molecule has 104 valence electrons. The van der Waals surface area contributed by atoms with Crippen LogP contribution in [0, 0.1) is 0 Å². The fourth-order valence-corrected chi connectivity index (χ4v) is 3.12. The highest BCUT2D eigenvalue weighted by atomic mass is 79.9. The summed E-state index contributed by atoms with van der Waals surface area (Å²) in [5.74, 6) is 0. The van der Waals surface area contributed by atoms with Crippen molar-refractivity contribution >= 4 is 63.0 Å². The second kappa shape index (κ2) is 6.95. The maximum atomic E-state index is 6.44. The van der Waals surface area contributed by atoms with Gasteiger partial charge in [-0.05, 0) is 41.0 Å². The van der Waals surface area contributed by atoms with Gasteiger partial charge in [0.1, 0.15) is 0 Å². The van der Waals surface area contributed by atoms with Crippen LogP contribution in [0.15, 0.2) is 50.4 Å². The van der Waals surface area contributed by atoms with Crippen LogP contribution in [-0.4, -0.2) is 13.3 Å². The van der Waals surface area contributed by atoms with Crippen molar-refractivity contribution in [1.29, 1.82) is 0 Å². The number of fused-ring (bicyclic) bond motifs is 1. The molecule has 1 unspecified atom stereocenters. The van der Waals surface area contributed by atoms with E-state index in [1.165, 1.54) is 0 Å². The van der Waals surface area contributed by atoms with Crippen LogP contribution < -0.4 is 0 Å². The van der Waals surface area contributed by atoms with Gasteiger partial charge < -0.3 is 0 Å². The minimum absolute atomic E-state index is 0.247. The smallest absolute Gasteiger partial charge is 0.0781 e. The van der Waals surface area contributed by atoms with Gasteiger partial charge in [-0.15, -0.1) is 11.6 Å². The van der Waals surface area contributed by atoms with E-state index in [9.17, 15) is 0 Å². The molecule has 0 spiro atoms. The van der Waals surface area contributed by atoms with Crippen molar-refractivity contribution in [1.82, 2.24) is 0 Å². The molecule has 0 heterocycles. The van der Waals surface area contributed by atoms with Crippen LogP contribution in [0.5, 0.6) is 0 Å². The van der Waals surface area contributed by atoms with Gasteiger partial charge in [-0.1, -0.05) is 51.3 Å². The van der Waals surface area contributed by atoms with Crippen LogP contribution in [0.2, 0.25) is 5.02 Å². The molecule has 1 atom stereocenters. The lowest BCUT2D eigenvalue weighted by Crippen LogP contribution is -1.89. The lowest BCUT2D eigenvalue weighted by molar-refractivity contribution is 1.20. The number of rotatable bonds is 2. The van der Waals surface area contributed by atoms with Crippen molar-refractivity contribution in [2.45, 2.75) is 5.38 Å². The summed E-state index contributed by atoms with van der Waals surface area (Å²) in [4.78, 5) is 3.88. The largest absolute Gasteiger partial charge is 0.295 e. The molecule has 0 saturated heterocycles. The Morgan fingerprint density at radius 3 is 2.85 bits per heavy atom. The Bertz CT molecular complexity index is 645. The van der Waals surface area contributed by atoms with Crippen molar-refractivity contribution in [3.8, 4) is 0 Å². The molecule has 0 fully saturated rings. The third-order valence-electron chi connectivity index (χ3n) is 2.78. The second-order valence-electron chi connectivity index (χ2n) is 4.21. The summed E-state index contributed by atoms with van der Waals surface area (Å²) in [6.07, 6.45) is 7.33. The highest BCUT2D eigenvalue weighted by molar-refractivity contribution is 9.12.